The van der Waals surface area contributed by atoms with E-state index in [4.69, 9.17) is 9.51 Å². The number of allylic oxidation sites excluding steroid dienone is 4. The number of aromatic nitrogens is 2. The van der Waals surface area contributed by atoms with Gasteiger partial charge in [0, 0.05) is 16.2 Å². The second-order valence-corrected chi connectivity index (χ2v) is 16.1. The van der Waals surface area contributed by atoms with Gasteiger partial charge in [-0.05, 0) is 87.0 Å². The van der Waals surface area contributed by atoms with E-state index in [9.17, 15) is 14.9 Å². The van der Waals surface area contributed by atoms with E-state index in [1.165, 1.54) is 6.42 Å². The Morgan fingerprint density at radius 3 is 2.24 bits per heavy atom. The minimum atomic E-state index is -0.685. The number of rotatable bonds is 11. The van der Waals surface area contributed by atoms with Crippen LogP contribution in [0.2, 0.25) is 0 Å². The van der Waals surface area contributed by atoms with Gasteiger partial charge in [0.1, 0.15) is 6.07 Å². The number of nitrogens with zero attached hydrogens (tertiary/aromatic N) is 3. The first kappa shape index (κ1) is 33.9. The Hall–Kier alpha value is -2.55. The molecular weight excluding hydrogens is 522 g/mol. The number of nitriles is 1. The number of ketones is 2. The number of carbonyl (C=O) groups excluding carboxylic acids is 2. The van der Waals surface area contributed by atoms with Crippen LogP contribution >= 0.6 is 0 Å². The molecule has 0 unspecified atom stereocenters. The third-order valence-electron chi connectivity index (χ3n) is 11.6. The Morgan fingerprint density at radius 2 is 1.71 bits per heavy atom. The Bertz CT molecular complexity index is 1310. The average molecular weight is 578 g/mol. The molecule has 0 bridgehead atoms. The summed E-state index contributed by atoms with van der Waals surface area (Å²) in [5.41, 5.74) is -0.578. The fourth-order valence-corrected chi connectivity index (χ4v) is 8.27. The molecule has 0 radical (unpaired) electrons. The number of aryl methyl sites for hydroxylation is 1. The normalized spacial score (nSPS) is 28.5. The Morgan fingerprint density at radius 1 is 1.10 bits per heavy atom. The van der Waals surface area contributed by atoms with E-state index in [2.05, 4.69) is 66.6 Å². The van der Waals surface area contributed by atoms with Crippen molar-refractivity contribution in [1.29, 1.82) is 5.26 Å². The van der Waals surface area contributed by atoms with Crippen LogP contribution in [-0.4, -0.2) is 21.7 Å². The van der Waals surface area contributed by atoms with Gasteiger partial charge in [0.25, 0.3) is 0 Å². The van der Waals surface area contributed by atoms with Crippen molar-refractivity contribution >= 4 is 11.6 Å². The molecule has 4 atom stereocenters. The number of hydrogen-bond acceptors (Lipinski definition) is 6. The molecule has 6 heteroatoms. The van der Waals surface area contributed by atoms with Crippen molar-refractivity contribution in [3.63, 3.8) is 0 Å². The van der Waals surface area contributed by atoms with E-state index >= 15 is 0 Å². The molecule has 0 amide bonds. The molecule has 0 aliphatic heterocycles. The van der Waals surface area contributed by atoms with Crippen molar-refractivity contribution in [1.82, 2.24) is 10.1 Å². The SMILES string of the molecule is CCCC(C)(C)CC[C@@](C)(CCC(C)(C)[C@]1(C)CC[C@H]2C(C)(C)C(=O)C(C#N)=C[C@]2(C)/C1=C/C(C)=O)c1nc(C)no1. The lowest BCUT2D eigenvalue weighted by atomic mass is 9.42. The van der Waals surface area contributed by atoms with Gasteiger partial charge in [-0.25, -0.2) is 0 Å². The molecule has 0 saturated heterocycles. The zero-order valence-corrected chi connectivity index (χ0v) is 28.5. The standard InChI is InChI=1S/C36H55N3O3/c1-13-15-31(4,5)17-19-34(10,30-38-25(3)39-42-30)20-18-32(6,7)36(12)16-14-27-33(8,9)29(41)26(23-37)22-35(27,11)28(36)21-24(2)40/h21-22,27H,13-20H2,1-12H3/b28-21-/t27-,34-,35-,36+/m0/s1. The van der Waals surface area contributed by atoms with Gasteiger partial charge in [0.05, 0.1) is 5.57 Å². The summed E-state index contributed by atoms with van der Waals surface area (Å²) in [4.78, 5) is 30.8. The Balaban J connectivity index is 2.05. The lowest BCUT2D eigenvalue weighted by Gasteiger charge is -2.61. The molecule has 1 saturated carbocycles. The van der Waals surface area contributed by atoms with E-state index in [-0.39, 0.29) is 44.7 Å². The third-order valence-corrected chi connectivity index (χ3v) is 11.6. The first-order valence-electron chi connectivity index (χ1n) is 15.9. The van der Waals surface area contributed by atoms with E-state index in [0.29, 0.717) is 11.7 Å². The van der Waals surface area contributed by atoms with Crippen molar-refractivity contribution in [2.45, 2.75) is 140 Å². The van der Waals surface area contributed by atoms with Gasteiger partial charge in [-0.2, -0.15) is 10.2 Å². The monoisotopic (exact) mass is 577 g/mol. The summed E-state index contributed by atoms with van der Waals surface area (Å²) in [6.07, 6.45) is 11.5. The zero-order valence-electron chi connectivity index (χ0n) is 28.5. The zero-order chi connectivity index (χ0) is 31.9. The van der Waals surface area contributed by atoms with Gasteiger partial charge in [-0.1, -0.05) is 92.5 Å². The van der Waals surface area contributed by atoms with Crippen LogP contribution in [-0.2, 0) is 15.0 Å². The molecule has 1 heterocycles. The molecule has 42 heavy (non-hydrogen) atoms. The fourth-order valence-electron chi connectivity index (χ4n) is 8.27. The van der Waals surface area contributed by atoms with Gasteiger partial charge in [0.2, 0.25) is 5.89 Å². The highest BCUT2D eigenvalue weighted by Gasteiger charge is 2.61. The molecule has 6 nitrogen and oxygen atoms in total. The van der Waals surface area contributed by atoms with E-state index in [1.54, 1.807) is 6.92 Å². The molecular formula is C36H55N3O3. The summed E-state index contributed by atoms with van der Waals surface area (Å²) in [6.45, 7) is 25.7. The Kier molecular flexibility index (Phi) is 9.30. The highest BCUT2D eigenvalue weighted by atomic mass is 16.5. The topological polar surface area (TPSA) is 96.8 Å². The van der Waals surface area contributed by atoms with Crippen LogP contribution in [0.1, 0.15) is 139 Å². The lowest BCUT2D eigenvalue weighted by molar-refractivity contribution is -0.131. The first-order valence-corrected chi connectivity index (χ1v) is 15.9. The molecule has 0 aromatic carbocycles. The quantitative estimate of drug-likeness (QED) is 0.243. The maximum atomic E-state index is 13.3. The Labute approximate surface area is 254 Å². The van der Waals surface area contributed by atoms with Gasteiger partial charge >= 0.3 is 0 Å². The molecule has 1 aromatic heterocycles. The van der Waals surface area contributed by atoms with Crippen molar-refractivity contribution in [3.05, 3.63) is 35.0 Å². The predicted octanol–water partition coefficient (Wildman–Crippen LogP) is 9.05. The van der Waals surface area contributed by atoms with Crippen LogP contribution in [0.25, 0.3) is 0 Å². The van der Waals surface area contributed by atoms with E-state index < -0.39 is 10.8 Å². The maximum absolute atomic E-state index is 13.3. The van der Waals surface area contributed by atoms with Gasteiger partial charge in [0.15, 0.2) is 17.4 Å². The summed E-state index contributed by atoms with van der Waals surface area (Å²) < 4.78 is 5.82. The lowest BCUT2D eigenvalue weighted by Crippen LogP contribution is -2.55. The number of carbonyl (C=O) groups is 2. The molecule has 2 aliphatic carbocycles. The summed E-state index contributed by atoms with van der Waals surface area (Å²) in [7, 11) is 0. The number of hydrogen-bond donors (Lipinski definition) is 0. The van der Waals surface area contributed by atoms with Crippen LogP contribution in [0.5, 0.6) is 0 Å². The minimum Gasteiger partial charge on any atom is -0.339 e. The van der Waals surface area contributed by atoms with Gasteiger partial charge in [-0.3, -0.25) is 9.59 Å². The average Bonchev–Trinajstić information content (AvgIpc) is 3.33. The first-order chi connectivity index (χ1) is 19.2. The van der Waals surface area contributed by atoms with Crippen LogP contribution in [0.3, 0.4) is 0 Å². The second-order valence-electron chi connectivity index (χ2n) is 16.1. The van der Waals surface area contributed by atoms with Crippen LogP contribution < -0.4 is 0 Å². The van der Waals surface area contributed by atoms with Crippen LogP contribution in [0.4, 0.5) is 0 Å². The fraction of sp³-hybridized carbons (Fsp3) is 0.750. The molecule has 232 valence electrons. The number of Topliss-reactive ketones (excluding diaryl/α,β-unsaturated/α-hetero) is 1. The van der Waals surface area contributed by atoms with Crippen LogP contribution in [0, 0.1) is 51.2 Å². The molecule has 1 fully saturated rings. The van der Waals surface area contributed by atoms with Crippen molar-refractivity contribution < 1.29 is 14.1 Å². The molecule has 0 spiro atoms. The van der Waals surface area contributed by atoms with Crippen molar-refractivity contribution in [2.75, 3.05) is 0 Å². The van der Waals surface area contributed by atoms with Crippen molar-refractivity contribution in [3.8, 4) is 6.07 Å². The van der Waals surface area contributed by atoms with E-state index in [0.717, 1.165) is 50.5 Å². The summed E-state index contributed by atoms with van der Waals surface area (Å²) >= 11 is 0. The van der Waals surface area contributed by atoms with Gasteiger partial charge < -0.3 is 4.52 Å². The minimum absolute atomic E-state index is 0.000146. The predicted molar refractivity (Wildman–Crippen MR) is 168 cm³/mol. The largest absolute Gasteiger partial charge is 0.339 e. The molecule has 1 aromatic rings. The highest BCUT2D eigenvalue weighted by molar-refractivity contribution is 6.04. The van der Waals surface area contributed by atoms with Crippen molar-refractivity contribution in [2.24, 2.45) is 33.0 Å². The molecule has 0 N–H and O–H groups in total. The van der Waals surface area contributed by atoms with E-state index in [1.807, 2.05) is 32.9 Å². The van der Waals surface area contributed by atoms with Gasteiger partial charge in [-0.15, -0.1) is 0 Å². The number of fused-ring (bicyclic) bond motifs is 1. The summed E-state index contributed by atoms with van der Waals surface area (Å²) in [5.74, 6) is 1.28. The maximum Gasteiger partial charge on any atom is 0.232 e. The van der Waals surface area contributed by atoms with Crippen LogP contribution in [0.15, 0.2) is 27.8 Å². The summed E-state index contributed by atoms with van der Waals surface area (Å²) in [6, 6.07) is 2.18. The highest BCUT2D eigenvalue weighted by Crippen LogP contribution is 2.67. The summed E-state index contributed by atoms with van der Waals surface area (Å²) in [5, 5.41) is 14.1. The smallest absolute Gasteiger partial charge is 0.232 e. The second kappa shape index (κ2) is 11.5. The third kappa shape index (κ3) is 6.08. The molecule has 3 rings (SSSR count). The molecule has 2 aliphatic rings.